The molecule has 2 aliphatic rings. The van der Waals surface area contributed by atoms with Gasteiger partial charge < -0.3 is 4.57 Å². The fourth-order valence-corrected chi connectivity index (χ4v) is 1.68. The van der Waals surface area contributed by atoms with Crippen molar-refractivity contribution in [2.45, 2.75) is 0 Å². The molecular weight excluding hydrogens is 251 g/mol. The zero-order valence-corrected chi connectivity index (χ0v) is 8.24. The maximum Gasteiger partial charge on any atom is 0.0875 e. The Hall–Kier alpha value is -0.580. The average molecular weight is 258 g/mol. The molecule has 0 radical (unpaired) electrons. The molecule has 0 aromatic rings. The van der Waals surface area contributed by atoms with Gasteiger partial charge in [0.2, 0.25) is 0 Å². The number of halogens is 1. The Labute approximate surface area is 78.7 Å². The summed E-state index contributed by atoms with van der Waals surface area (Å²) >= 11 is 2.29. The minimum atomic E-state index is 1.07. The molecule has 11 heavy (non-hydrogen) atoms. The largest absolute Gasteiger partial charge is 0.355 e. The van der Waals surface area contributed by atoms with Gasteiger partial charge in [-0.1, -0.05) is 0 Å². The predicted molar refractivity (Wildman–Crippen MR) is 52.5 cm³/mol. The van der Waals surface area contributed by atoms with Crippen molar-refractivity contribution < 1.29 is 0 Å². The van der Waals surface area contributed by atoms with E-state index in [1.54, 1.807) is 0 Å². The second-order valence-electron chi connectivity index (χ2n) is 2.52. The molecule has 56 valence electrons. The van der Waals surface area contributed by atoms with E-state index in [1.807, 2.05) is 30.2 Å². The van der Waals surface area contributed by atoms with Crippen LogP contribution < -0.4 is 0 Å². The minimum absolute atomic E-state index is 1.07. The van der Waals surface area contributed by atoms with Gasteiger partial charge in [-0.25, -0.2) is 0 Å². The molecule has 0 fully saturated rings. The van der Waals surface area contributed by atoms with Crippen molar-refractivity contribution in [1.29, 1.82) is 0 Å². The highest BCUT2D eigenvalue weighted by Gasteiger charge is 2.07. The first kappa shape index (κ1) is 7.09. The van der Waals surface area contributed by atoms with Crippen molar-refractivity contribution in [3.63, 3.8) is 0 Å². The number of fused-ring (bicyclic) bond motifs is 1. The van der Waals surface area contributed by atoms with Crippen LogP contribution in [0.1, 0.15) is 0 Å². The zero-order valence-electron chi connectivity index (χ0n) is 6.08. The van der Waals surface area contributed by atoms with E-state index in [0.717, 1.165) is 5.69 Å². The molecule has 0 atom stereocenters. The molecule has 0 bridgehead atoms. The second kappa shape index (κ2) is 2.48. The molecule has 0 amide bonds. The number of aromatic nitrogens is 2. The summed E-state index contributed by atoms with van der Waals surface area (Å²) in [6, 6.07) is 2.09. The highest BCUT2D eigenvalue weighted by atomic mass is 127. The fraction of sp³-hybridized carbons (Fsp3) is 0.125. The number of rotatable bonds is 0. The summed E-state index contributed by atoms with van der Waals surface area (Å²) in [7, 11) is 2.00. The van der Waals surface area contributed by atoms with Crippen LogP contribution in [0.15, 0.2) is 24.7 Å². The van der Waals surface area contributed by atoms with E-state index in [2.05, 4.69) is 33.6 Å². The lowest BCUT2D eigenvalue weighted by Gasteiger charge is -2.00. The van der Waals surface area contributed by atoms with Gasteiger partial charge in [-0.15, -0.1) is 0 Å². The SMILES string of the molecule is Cn1ccc2c(I)cnc-2c1. The van der Waals surface area contributed by atoms with Crippen molar-refractivity contribution in [2.75, 3.05) is 0 Å². The molecule has 0 saturated carbocycles. The van der Waals surface area contributed by atoms with Gasteiger partial charge in [-0.3, -0.25) is 4.98 Å². The third kappa shape index (κ3) is 1.13. The van der Waals surface area contributed by atoms with Crippen LogP contribution in [0.4, 0.5) is 0 Å². The second-order valence-corrected chi connectivity index (χ2v) is 3.68. The summed E-state index contributed by atoms with van der Waals surface area (Å²) in [6.45, 7) is 0. The van der Waals surface area contributed by atoms with E-state index in [1.165, 1.54) is 9.13 Å². The first-order valence-electron chi connectivity index (χ1n) is 3.33. The van der Waals surface area contributed by atoms with Gasteiger partial charge in [0, 0.05) is 34.8 Å². The molecular formula is C8H7IN2. The number of nitrogens with zero attached hydrogens (tertiary/aromatic N) is 2. The molecule has 0 saturated heterocycles. The van der Waals surface area contributed by atoms with Gasteiger partial charge in [0.15, 0.2) is 0 Å². The maximum absolute atomic E-state index is 4.25. The molecule has 0 aromatic heterocycles. The lowest BCUT2D eigenvalue weighted by atomic mass is 10.2. The molecule has 2 nitrogen and oxygen atoms in total. The smallest absolute Gasteiger partial charge is 0.0875 e. The van der Waals surface area contributed by atoms with Crippen molar-refractivity contribution >= 4 is 22.6 Å². The molecule has 0 N–H and O–H groups in total. The predicted octanol–water partition coefficient (Wildman–Crippen LogP) is 2.13. The molecule has 2 heterocycles. The van der Waals surface area contributed by atoms with Crippen LogP contribution in [0, 0.1) is 3.57 Å². The van der Waals surface area contributed by atoms with E-state index in [0.29, 0.717) is 0 Å². The Morgan fingerprint density at radius 2 is 2.36 bits per heavy atom. The average Bonchev–Trinajstić information content (AvgIpc) is 2.32. The first-order valence-corrected chi connectivity index (χ1v) is 4.41. The number of aryl methyl sites for hydroxylation is 1. The van der Waals surface area contributed by atoms with Gasteiger partial charge in [0.1, 0.15) is 0 Å². The van der Waals surface area contributed by atoms with Gasteiger partial charge in [-0.2, -0.15) is 0 Å². The topological polar surface area (TPSA) is 17.8 Å². The van der Waals surface area contributed by atoms with Crippen molar-refractivity contribution in [3.05, 3.63) is 28.2 Å². The van der Waals surface area contributed by atoms with Gasteiger partial charge >= 0.3 is 0 Å². The molecule has 0 aliphatic carbocycles. The summed E-state index contributed by atoms with van der Waals surface area (Å²) in [5.41, 5.74) is 2.31. The summed E-state index contributed by atoms with van der Waals surface area (Å²) in [5.74, 6) is 0. The minimum Gasteiger partial charge on any atom is -0.355 e. The summed E-state index contributed by atoms with van der Waals surface area (Å²) < 4.78 is 3.23. The Morgan fingerprint density at radius 3 is 3.18 bits per heavy atom. The monoisotopic (exact) mass is 258 g/mol. The fourth-order valence-electron chi connectivity index (χ4n) is 1.08. The summed E-state index contributed by atoms with van der Waals surface area (Å²) in [4.78, 5) is 4.25. The van der Waals surface area contributed by atoms with E-state index in [-0.39, 0.29) is 0 Å². The maximum atomic E-state index is 4.25. The van der Waals surface area contributed by atoms with Crippen molar-refractivity contribution in [3.8, 4) is 11.3 Å². The summed E-state index contributed by atoms with van der Waals surface area (Å²) in [6.07, 6.45) is 5.95. The Morgan fingerprint density at radius 1 is 1.55 bits per heavy atom. The third-order valence-corrected chi connectivity index (χ3v) is 2.51. The van der Waals surface area contributed by atoms with Gasteiger partial charge in [0.25, 0.3) is 0 Å². The van der Waals surface area contributed by atoms with Crippen molar-refractivity contribution in [1.82, 2.24) is 9.55 Å². The van der Waals surface area contributed by atoms with Gasteiger partial charge in [0.05, 0.1) is 5.69 Å². The van der Waals surface area contributed by atoms with Crippen molar-refractivity contribution in [2.24, 2.45) is 7.05 Å². The quantitative estimate of drug-likeness (QED) is 0.662. The molecule has 2 rings (SSSR count). The Kier molecular flexibility index (Phi) is 1.60. The van der Waals surface area contributed by atoms with E-state index >= 15 is 0 Å². The molecule has 2 aliphatic heterocycles. The van der Waals surface area contributed by atoms with E-state index in [4.69, 9.17) is 0 Å². The number of hydrogen-bond acceptors (Lipinski definition) is 1. The van der Waals surface area contributed by atoms with Gasteiger partial charge in [-0.05, 0) is 28.7 Å². The summed E-state index contributed by atoms with van der Waals surface area (Å²) in [5, 5.41) is 0. The van der Waals surface area contributed by atoms with Crippen LogP contribution in [0.2, 0.25) is 0 Å². The Bertz CT molecular complexity index is 353. The van der Waals surface area contributed by atoms with Crippen LogP contribution in [-0.4, -0.2) is 9.55 Å². The normalized spacial score (nSPS) is 10.7. The Balaban J connectivity index is 2.74. The highest BCUT2D eigenvalue weighted by molar-refractivity contribution is 14.1. The number of pyridine rings is 1. The van der Waals surface area contributed by atoms with Crippen LogP contribution in [0.5, 0.6) is 0 Å². The molecule has 3 heteroatoms. The lowest BCUT2D eigenvalue weighted by Crippen LogP contribution is -1.90. The standard InChI is InChI=1S/C8H7IN2/c1-11-3-2-6-7(9)4-10-8(6)5-11/h2-5H,1H3. The first-order chi connectivity index (χ1) is 5.27. The molecule has 0 spiro atoms. The lowest BCUT2D eigenvalue weighted by molar-refractivity contribution is 0.901. The molecule has 0 aromatic carbocycles. The van der Waals surface area contributed by atoms with E-state index < -0.39 is 0 Å². The van der Waals surface area contributed by atoms with Crippen LogP contribution in [-0.2, 0) is 7.05 Å². The zero-order chi connectivity index (χ0) is 7.84. The third-order valence-electron chi connectivity index (χ3n) is 1.65. The van der Waals surface area contributed by atoms with Crippen LogP contribution >= 0.6 is 22.6 Å². The highest BCUT2D eigenvalue weighted by Crippen LogP contribution is 2.24. The molecule has 0 unspecified atom stereocenters. The van der Waals surface area contributed by atoms with Crippen LogP contribution in [0.3, 0.4) is 0 Å². The number of hydrogen-bond donors (Lipinski definition) is 0. The van der Waals surface area contributed by atoms with E-state index in [9.17, 15) is 0 Å². The van der Waals surface area contributed by atoms with Crippen LogP contribution in [0.25, 0.3) is 11.3 Å².